The molecule has 0 spiro atoms. The number of para-hydroxylation sites is 1. The van der Waals surface area contributed by atoms with Crippen molar-refractivity contribution in [2.75, 3.05) is 29.9 Å². The average Bonchev–Trinajstić information content (AvgIpc) is 2.85. The summed E-state index contributed by atoms with van der Waals surface area (Å²) < 4.78 is 5.11. The molecule has 1 unspecified atom stereocenters. The smallest absolute Gasteiger partial charge is 0.340 e. The van der Waals surface area contributed by atoms with Gasteiger partial charge in [-0.1, -0.05) is 36.4 Å². The summed E-state index contributed by atoms with van der Waals surface area (Å²) in [7, 11) is 0. The van der Waals surface area contributed by atoms with Crippen LogP contribution >= 0.6 is 0 Å². The summed E-state index contributed by atoms with van der Waals surface area (Å²) in [6.45, 7) is 5.46. The molecular weight excluding hydrogens is 416 g/mol. The highest BCUT2D eigenvalue weighted by molar-refractivity contribution is 6.02. The maximum atomic E-state index is 13.0. The maximum Gasteiger partial charge on any atom is 0.340 e. The number of ether oxygens (including phenoxy) is 1. The zero-order chi connectivity index (χ0) is 23.2. The minimum atomic E-state index is -0.442. The number of rotatable bonds is 6. The number of esters is 1. The molecule has 1 aliphatic rings. The van der Waals surface area contributed by atoms with Crippen molar-refractivity contribution in [3.05, 3.63) is 71.8 Å². The summed E-state index contributed by atoms with van der Waals surface area (Å²) in [5.74, 6) is -0.00719. The van der Waals surface area contributed by atoms with Crippen molar-refractivity contribution >= 4 is 23.4 Å². The van der Waals surface area contributed by atoms with Gasteiger partial charge in [-0.2, -0.15) is 0 Å². The lowest BCUT2D eigenvalue weighted by Gasteiger charge is -2.32. The van der Waals surface area contributed by atoms with Gasteiger partial charge < -0.3 is 15.0 Å². The number of hydrogen-bond acceptors (Lipinski definition) is 6. The highest BCUT2D eigenvalue weighted by Crippen LogP contribution is 2.26. The third kappa shape index (κ3) is 5.19. The van der Waals surface area contributed by atoms with Gasteiger partial charge in [-0.15, -0.1) is 10.2 Å². The van der Waals surface area contributed by atoms with E-state index in [2.05, 4.69) is 33.4 Å². The minimum Gasteiger partial charge on any atom is -0.462 e. The molecule has 7 heteroatoms. The molecule has 1 aromatic heterocycles. The van der Waals surface area contributed by atoms with E-state index in [1.807, 2.05) is 30.3 Å². The second kappa shape index (κ2) is 10.3. The normalized spacial score (nSPS) is 15.7. The second-order valence-electron chi connectivity index (χ2n) is 8.13. The summed E-state index contributed by atoms with van der Waals surface area (Å²) in [5.41, 5.74) is 3.88. The SMILES string of the molecule is CCOC(=O)c1ccccc1NC(=O)C1CCCN(c2ccc(-c3ccccc3C)nn2)C1. The fourth-order valence-electron chi connectivity index (χ4n) is 4.11. The molecule has 4 rings (SSSR count). The molecule has 0 saturated carbocycles. The molecule has 0 aliphatic carbocycles. The first-order valence-corrected chi connectivity index (χ1v) is 11.3. The van der Waals surface area contributed by atoms with Crippen molar-refractivity contribution < 1.29 is 14.3 Å². The maximum absolute atomic E-state index is 13.0. The number of nitrogens with one attached hydrogen (secondary N) is 1. The first-order chi connectivity index (χ1) is 16.1. The Balaban J connectivity index is 1.44. The van der Waals surface area contributed by atoms with Crippen LogP contribution in [0.3, 0.4) is 0 Å². The van der Waals surface area contributed by atoms with E-state index in [1.165, 1.54) is 0 Å². The van der Waals surface area contributed by atoms with Gasteiger partial charge in [0.15, 0.2) is 5.82 Å². The molecule has 1 amide bonds. The lowest BCUT2D eigenvalue weighted by molar-refractivity contribution is -0.120. The monoisotopic (exact) mass is 444 g/mol. The number of nitrogens with zero attached hydrogens (tertiary/aromatic N) is 3. The topological polar surface area (TPSA) is 84.4 Å². The van der Waals surface area contributed by atoms with E-state index in [0.29, 0.717) is 17.8 Å². The van der Waals surface area contributed by atoms with E-state index in [1.54, 1.807) is 31.2 Å². The largest absolute Gasteiger partial charge is 0.462 e. The van der Waals surface area contributed by atoms with Crippen LogP contribution in [0.1, 0.15) is 35.7 Å². The lowest BCUT2D eigenvalue weighted by Crippen LogP contribution is -2.41. The minimum absolute atomic E-state index is 0.110. The molecule has 2 aromatic carbocycles. The van der Waals surface area contributed by atoms with Gasteiger partial charge in [0, 0.05) is 18.7 Å². The fourth-order valence-corrected chi connectivity index (χ4v) is 4.11. The van der Waals surface area contributed by atoms with Crippen LogP contribution in [0.5, 0.6) is 0 Å². The lowest BCUT2D eigenvalue weighted by atomic mass is 9.96. The van der Waals surface area contributed by atoms with Crippen LogP contribution in [0.15, 0.2) is 60.7 Å². The summed E-state index contributed by atoms with van der Waals surface area (Å²) in [5, 5.41) is 11.8. The Morgan fingerprint density at radius 3 is 2.61 bits per heavy atom. The molecule has 1 fully saturated rings. The molecule has 0 radical (unpaired) electrons. The fraction of sp³-hybridized carbons (Fsp3) is 0.308. The number of anilines is 2. The number of aromatic nitrogens is 2. The zero-order valence-electron chi connectivity index (χ0n) is 19.0. The predicted molar refractivity (Wildman–Crippen MR) is 128 cm³/mol. The van der Waals surface area contributed by atoms with E-state index < -0.39 is 5.97 Å². The molecule has 1 atom stereocenters. The summed E-state index contributed by atoms with van der Waals surface area (Å²) in [6.07, 6.45) is 1.65. The van der Waals surface area contributed by atoms with Crippen molar-refractivity contribution in [2.24, 2.45) is 5.92 Å². The van der Waals surface area contributed by atoms with Crippen molar-refractivity contribution in [1.82, 2.24) is 10.2 Å². The number of carbonyl (C=O) groups excluding carboxylic acids is 2. The number of piperidine rings is 1. The summed E-state index contributed by atoms with van der Waals surface area (Å²) >= 11 is 0. The first-order valence-electron chi connectivity index (χ1n) is 11.3. The molecule has 1 aliphatic heterocycles. The number of amides is 1. The zero-order valence-corrected chi connectivity index (χ0v) is 19.0. The quantitative estimate of drug-likeness (QED) is 0.564. The van der Waals surface area contributed by atoms with Crippen LogP contribution in [0.2, 0.25) is 0 Å². The highest BCUT2D eigenvalue weighted by Gasteiger charge is 2.28. The van der Waals surface area contributed by atoms with Gasteiger partial charge in [0.1, 0.15) is 0 Å². The van der Waals surface area contributed by atoms with Gasteiger partial charge in [0.05, 0.1) is 29.5 Å². The Morgan fingerprint density at radius 1 is 1.06 bits per heavy atom. The van der Waals surface area contributed by atoms with Crippen LogP contribution in [0.4, 0.5) is 11.5 Å². The Labute approximate surface area is 193 Å². The van der Waals surface area contributed by atoms with Gasteiger partial charge in [-0.3, -0.25) is 4.79 Å². The van der Waals surface area contributed by atoms with Gasteiger partial charge in [-0.25, -0.2) is 4.79 Å². The standard InChI is InChI=1S/C26H28N4O3/c1-3-33-26(32)21-12-6-7-13-22(21)27-25(31)19-10-8-16-30(17-19)24-15-14-23(28-29-24)20-11-5-4-9-18(20)2/h4-7,9,11-15,19H,3,8,10,16-17H2,1-2H3,(H,27,31). The van der Waals surface area contributed by atoms with Crippen LogP contribution < -0.4 is 10.2 Å². The van der Waals surface area contributed by atoms with Gasteiger partial charge in [0.25, 0.3) is 0 Å². The molecule has 170 valence electrons. The van der Waals surface area contributed by atoms with Gasteiger partial charge >= 0.3 is 5.97 Å². The van der Waals surface area contributed by atoms with Gasteiger partial charge in [0.2, 0.25) is 5.91 Å². The van der Waals surface area contributed by atoms with Crippen molar-refractivity contribution in [2.45, 2.75) is 26.7 Å². The van der Waals surface area contributed by atoms with Crippen molar-refractivity contribution in [1.29, 1.82) is 0 Å². The van der Waals surface area contributed by atoms with Crippen molar-refractivity contribution in [3.8, 4) is 11.3 Å². The molecule has 2 heterocycles. The Morgan fingerprint density at radius 2 is 1.85 bits per heavy atom. The third-order valence-electron chi connectivity index (χ3n) is 5.87. The summed E-state index contributed by atoms with van der Waals surface area (Å²) in [6, 6.07) is 19.0. The van der Waals surface area contributed by atoms with E-state index in [-0.39, 0.29) is 18.4 Å². The van der Waals surface area contributed by atoms with E-state index >= 15 is 0 Å². The molecule has 33 heavy (non-hydrogen) atoms. The highest BCUT2D eigenvalue weighted by atomic mass is 16.5. The molecule has 7 nitrogen and oxygen atoms in total. The molecule has 3 aromatic rings. The Bertz CT molecular complexity index is 1130. The number of benzene rings is 2. The van der Waals surface area contributed by atoms with E-state index in [4.69, 9.17) is 4.74 Å². The van der Waals surface area contributed by atoms with Crippen molar-refractivity contribution in [3.63, 3.8) is 0 Å². The first kappa shape index (κ1) is 22.5. The predicted octanol–water partition coefficient (Wildman–Crippen LogP) is 4.48. The Hall–Kier alpha value is -3.74. The number of aryl methyl sites for hydroxylation is 1. The molecule has 0 bridgehead atoms. The van der Waals surface area contributed by atoms with Crippen LogP contribution in [0.25, 0.3) is 11.3 Å². The summed E-state index contributed by atoms with van der Waals surface area (Å²) in [4.78, 5) is 27.3. The number of carbonyl (C=O) groups is 2. The van der Waals surface area contributed by atoms with Crippen LogP contribution in [-0.2, 0) is 9.53 Å². The third-order valence-corrected chi connectivity index (χ3v) is 5.87. The van der Waals surface area contributed by atoms with Gasteiger partial charge in [-0.05, 0) is 56.5 Å². The molecular formula is C26H28N4O3. The van der Waals surface area contributed by atoms with Crippen LogP contribution in [-0.4, -0.2) is 41.8 Å². The average molecular weight is 445 g/mol. The second-order valence-corrected chi connectivity index (χ2v) is 8.13. The number of hydrogen-bond donors (Lipinski definition) is 1. The molecule has 1 N–H and O–H groups in total. The van der Waals surface area contributed by atoms with Crippen LogP contribution in [0, 0.1) is 12.8 Å². The molecule has 1 saturated heterocycles. The van der Waals surface area contributed by atoms with E-state index in [0.717, 1.165) is 42.0 Å². The Kier molecular flexibility index (Phi) is 6.98. The van der Waals surface area contributed by atoms with E-state index in [9.17, 15) is 9.59 Å².